The normalized spacial score (nSPS) is 16.7. The minimum atomic E-state index is -0.402. The number of thiazole rings is 1. The Labute approximate surface area is 132 Å². The van der Waals surface area contributed by atoms with E-state index < -0.39 is 4.92 Å². The monoisotopic (exact) mass is 324 g/mol. The lowest BCUT2D eigenvalue weighted by molar-refractivity contribution is -0.389. The Bertz CT molecular complexity index is 631. The van der Waals surface area contributed by atoms with Gasteiger partial charge in [0.25, 0.3) is 4.96 Å². The summed E-state index contributed by atoms with van der Waals surface area (Å²) in [6.45, 7) is 1.08. The van der Waals surface area contributed by atoms with Crippen molar-refractivity contribution in [3.8, 4) is 0 Å². The molecule has 22 heavy (non-hydrogen) atoms. The molecule has 1 N–H and O–H groups in total. The molecule has 2 heterocycles. The average molecular weight is 324 g/mol. The summed E-state index contributed by atoms with van der Waals surface area (Å²) in [5, 5.41) is 16.0. The van der Waals surface area contributed by atoms with Crippen molar-refractivity contribution in [3.63, 3.8) is 0 Å². The van der Waals surface area contributed by atoms with E-state index >= 15 is 0 Å². The number of nitro groups is 1. The highest BCUT2D eigenvalue weighted by molar-refractivity contribution is 7.15. The van der Waals surface area contributed by atoms with E-state index in [1.165, 1.54) is 41.4 Å². The van der Waals surface area contributed by atoms with Gasteiger partial charge in [0.05, 0.1) is 12.7 Å². The fourth-order valence-electron chi connectivity index (χ4n) is 2.87. The van der Waals surface area contributed by atoms with Gasteiger partial charge in [0.1, 0.15) is 6.20 Å². The van der Waals surface area contributed by atoms with E-state index in [1.54, 1.807) is 11.6 Å². The van der Waals surface area contributed by atoms with Crippen LogP contribution in [0.5, 0.6) is 0 Å². The molecule has 0 aliphatic heterocycles. The largest absolute Gasteiger partial charge is 0.376 e. The third-order valence-electron chi connectivity index (χ3n) is 3.96. The Morgan fingerprint density at radius 1 is 1.41 bits per heavy atom. The van der Waals surface area contributed by atoms with Crippen LogP contribution < -0.4 is 5.32 Å². The lowest BCUT2D eigenvalue weighted by atomic mass is 10.1. The van der Waals surface area contributed by atoms with Gasteiger partial charge in [-0.15, -0.1) is 0 Å². The maximum Gasteiger partial charge on any atom is 0.372 e. The molecule has 3 rings (SSSR count). The van der Waals surface area contributed by atoms with Crippen molar-refractivity contribution in [2.24, 2.45) is 0 Å². The molecular formula is C14H20N4O3S. The van der Waals surface area contributed by atoms with Crippen LogP contribution >= 0.6 is 11.3 Å². The topological polar surface area (TPSA) is 81.7 Å². The molecule has 2 aromatic heterocycles. The Morgan fingerprint density at radius 2 is 2.18 bits per heavy atom. The van der Waals surface area contributed by atoms with E-state index in [2.05, 4.69) is 10.3 Å². The molecule has 0 saturated heterocycles. The van der Waals surface area contributed by atoms with Gasteiger partial charge >= 0.3 is 5.82 Å². The van der Waals surface area contributed by atoms with Gasteiger partial charge in [0, 0.05) is 11.9 Å². The molecule has 0 amide bonds. The van der Waals surface area contributed by atoms with Gasteiger partial charge in [-0.3, -0.25) is 0 Å². The van der Waals surface area contributed by atoms with Crippen LogP contribution in [-0.2, 0) is 4.74 Å². The lowest BCUT2D eigenvalue weighted by Crippen LogP contribution is -2.18. The second-order valence-corrected chi connectivity index (χ2v) is 6.38. The van der Waals surface area contributed by atoms with Crippen LogP contribution in [-0.4, -0.2) is 33.6 Å². The van der Waals surface area contributed by atoms with E-state index in [-0.39, 0.29) is 5.82 Å². The zero-order chi connectivity index (χ0) is 15.4. The molecule has 0 spiro atoms. The molecule has 1 saturated carbocycles. The molecule has 120 valence electrons. The van der Waals surface area contributed by atoms with Crippen molar-refractivity contribution >= 4 is 27.9 Å². The number of hydrogen-bond acceptors (Lipinski definition) is 6. The number of aromatic nitrogens is 2. The molecule has 0 atom stereocenters. The first-order valence-corrected chi connectivity index (χ1v) is 8.59. The first-order chi connectivity index (χ1) is 10.8. The Hall–Kier alpha value is -1.67. The molecule has 2 aromatic rings. The van der Waals surface area contributed by atoms with Gasteiger partial charge in [-0.25, -0.2) is 0 Å². The molecule has 0 aromatic carbocycles. The van der Waals surface area contributed by atoms with Crippen LogP contribution in [0.1, 0.15) is 38.5 Å². The first kappa shape index (κ1) is 15.2. The van der Waals surface area contributed by atoms with Gasteiger partial charge in [-0.2, -0.15) is 9.38 Å². The van der Waals surface area contributed by atoms with Crippen molar-refractivity contribution < 1.29 is 9.66 Å². The number of fused-ring (bicyclic) bond motifs is 1. The Kier molecular flexibility index (Phi) is 4.89. The summed E-state index contributed by atoms with van der Waals surface area (Å²) in [5.41, 5.74) is 0. The van der Waals surface area contributed by atoms with Crippen LogP contribution in [0, 0.1) is 10.1 Å². The molecule has 1 aliphatic rings. The average Bonchev–Trinajstić information content (AvgIpc) is 2.95. The van der Waals surface area contributed by atoms with Crippen LogP contribution in [0.15, 0.2) is 11.6 Å². The molecule has 7 nitrogen and oxygen atoms in total. The second kappa shape index (κ2) is 7.06. The lowest BCUT2D eigenvalue weighted by Gasteiger charge is -2.15. The SMILES string of the molecule is O=[N+]([O-])c1c(NCCOC2CCCCCC2)nc2sccn12. The van der Waals surface area contributed by atoms with Crippen LogP contribution in [0.25, 0.3) is 4.96 Å². The Balaban J connectivity index is 1.54. The quantitative estimate of drug-likeness (QED) is 0.381. The van der Waals surface area contributed by atoms with Crippen molar-refractivity contribution in [1.29, 1.82) is 0 Å². The summed E-state index contributed by atoms with van der Waals surface area (Å²) >= 11 is 1.38. The molecule has 0 unspecified atom stereocenters. The van der Waals surface area contributed by atoms with Crippen molar-refractivity contribution in [2.75, 3.05) is 18.5 Å². The number of imidazole rings is 1. The number of nitrogens with zero attached hydrogens (tertiary/aromatic N) is 3. The van der Waals surface area contributed by atoms with E-state index in [1.807, 2.05) is 0 Å². The van der Waals surface area contributed by atoms with Gasteiger partial charge < -0.3 is 20.2 Å². The second-order valence-electron chi connectivity index (χ2n) is 5.51. The van der Waals surface area contributed by atoms with E-state index in [9.17, 15) is 10.1 Å². The molecule has 0 bridgehead atoms. The van der Waals surface area contributed by atoms with Crippen LogP contribution in [0.2, 0.25) is 0 Å². The first-order valence-electron chi connectivity index (χ1n) is 7.71. The molecule has 1 aliphatic carbocycles. The minimum Gasteiger partial charge on any atom is -0.376 e. The zero-order valence-corrected chi connectivity index (χ0v) is 13.2. The minimum absolute atomic E-state index is 0.00860. The third kappa shape index (κ3) is 3.38. The van der Waals surface area contributed by atoms with Gasteiger partial charge in [-0.05, 0) is 17.8 Å². The van der Waals surface area contributed by atoms with E-state index in [4.69, 9.17) is 4.74 Å². The maximum absolute atomic E-state index is 11.2. The molecule has 1 fully saturated rings. The highest BCUT2D eigenvalue weighted by Crippen LogP contribution is 2.27. The summed E-state index contributed by atoms with van der Waals surface area (Å²) in [4.78, 5) is 15.7. The van der Waals surface area contributed by atoms with E-state index in [0.717, 1.165) is 12.8 Å². The predicted molar refractivity (Wildman–Crippen MR) is 85.7 cm³/mol. The van der Waals surface area contributed by atoms with Crippen molar-refractivity contribution in [1.82, 2.24) is 9.38 Å². The summed E-state index contributed by atoms with van der Waals surface area (Å²) < 4.78 is 7.38. The van der Waals surface area contributed by atoms with Gasteiger partial charge in [0.15, 0.2) is 0 Å². The number of anilines is 1. The summed E-state index contributed by atoms with van der Waals surface area (Å²) in [6, 6.07) is 0. The Morgan fingerprint density at radius 3 is 2.91 bits per heavy atom. The number of hydrogen-bond donors (Lipinski definition) is 1. The zero-order valence-electron chi connectivity index (χ0n) is 12.4. The van der Waals surface area contributed by atoms with Gasteiger partial charge in [0.2, 0.25) is 5.82 Å². The van der Waals surface area contributed by atoms with E-state index in [0.29, 0.717) is 30.0 Å². The summed E-state index contributed by atoms with van der Waals surface area (Å²) in [6.07, 6.45) is 9.33. The highest BCUT2D eigenvalue weighted by Gasteiger charge is 2.23. The molecule has 0 radical (unpaired) electrons. The maximum atomic E-state index is 11.2. The highest BCUT2D eigenvalue weighted by atomic mass is 32.1. The fraction of sp³-hybridized carbons (Fsp3) is 0.643. The van der Waals surface area contributed by atoms with Gasteiger partial charge in [-0.1, -0.05) is 37.0 Å². The summed E-state index contributed by atoms with van der Waals surface area (Å²) in [7, 11) is 0. The number of rotatable bonds is 6. The molecule has 8 heteroatoms. The number of ether oxygens (including phenoxy) is 1. The standard InChI is InChI=1S/C14H20N4O3S/c19-18(20)13-12(16-14-17(13)8-10-22-14)15-7-9-21-11-5-3-1-2-4-6-11/h8,10-11,15H,1-7,9H2. The fourth-order valence-corrected chi connectivity index (χ4v) is 3.58. The number of nitrogens with one attached hydrogen (secondary N) is 1. The molecular weight excluding hydrogens is 304 g/mol. The predicted octanol–water partition coefficient (Wildman–Crippen LogP) is 3.46. The van der Waals surface area contributed by atoms with Crippen LogP contribution in [0.4, 0.5) is 11.6 Å². The smallest absolute Gasteiger partial charge is 0.372 e. The third-order valence-corrected chi connectivity index (χ3v) is 4.72. The van der Waals surface area contributed by atoms with Crippen molar-refractivity contribution in [2.45, 2.75) is 44.6 Å². The van der Waals surface area contributed by atoms with Crippen LogP contribution in [0.3, 0.4) is 0 Å². The van der Waals surface area contributed by atoms with Crippen molar-refractivity contribution in [3.05, 3.63) is 21.7 Å². The summed E-state index contributed by atoms with van der Waals surface area (Å²) in [5.74, 6) is 0.312.